The van der Waals surface area contributed by atoms with E-state index in [4.69, 9.17) is 0 Å². The normalized spacial score (nSPS) is 11.5. The molecule has 1 nitrogen and oxygen atoms in total. The van der Waals surface area contributed by atoms with E-state index in [1.807, 2.05) is 0 Å². The highest BCUT2D eigenvalue weighted by Gasteiger charge is 2.33. The van der Waals surface area contributed by atoms with Gasteiger partial charge in [0.25, 0.3) is 0 Å². The standard InChI is InChI=1S/C9H10F3NS/c1-13-8-4-3-6(14-2)5-7(8)9(10,11)12/h3-5,13H,1-2H3. The second kappa shape index (κ2) is 4.13. The summed E-state index contributed by atoms with van der Waals surface area (Å²) in [5.74, 6) is 0. The molecule has 0 amide bonds. The molecule has 14 heavy (non-hydrogen) atoms. The maximum atomic E-state index is 12.5. The van der Waals surface area contributed by atoms with E-state index in [2.05, 4.69) is 5.32 Å². The summed E-state index contributed by atoms with van der Waals surface area (Å²) in [7, 11) is 1.48. The van der Waals surface area contributed by atoms with Crippen LogP contribution in [0.3, 0.4) is 0 Å². The predicted octanol–water partition coefficient (Wildman–Crippen LogP) is 3.47. The van der Waals surface area contributed by atoms with Gasteiger partial charge in [0.2, 0.25) is 0 Å². The highest BCUT2D eigenvalue weighted by molar-refractivity contribution is 7.98. The van der Waals surface area contributed by atoms with Crippen LogP contribution >= 0.6 is 11.8 Å². The number of hydrogen-bond acceptors (Lipinski definition) is 2. The minimum atomic E-state index is -4.30. The van der Waals surface area contributed by atoms with Gasteiger partial charge >= 0.3 is 6.18 Å². The van der Waals surface area contributed by atoms with Crippen molar-refractivity contribution in [1.82, 2.24) is 0 Å². The van der Waals surface area contributed by atoms with Crippen LogP contribution in [0.1, 0.15) is 5.56 Å². The van der Waals surface area contributed by atoms with Crippen LogP contribution in [0.15, 0.2) is 23.1 Å². The first-order valence-electron chi connectivity index (χ1n) is 3.92. The summed E-state index contributed by atoms with van der Waals surface area (Å²) in [6.07, 6.45) is -2.56. The molecule has 0 radical (unpaired) electrons. The number of hydrogen-bond donors (Lipinski definition) is 1. The Morgan fingerprint density at radius 3 is 2.36 bits per heavy atom. The SMILES string of the molecule is CNc1ccc(SC)cc1C(F)(F)F. The van der Waals surface area contributed by atoms with Crippen LogP contribution in [-0.2, 0) is 6.18 Å². The van der Waals surface area contributed by atoms with E-state index in [1.54, 1.807) is 12.3 Å². The first kappa shape index (κ1) is 11.2. The van der Waals surface area contributed by atoms with Crippen molar-refractivity contribution in [3.8, 4) is 0 Å². The highest BCUT2D eigenvalue weighted by Crippen LogP contribution is 2.36. The molecule has 78 valence electrons. The summed E-state index contributed by atoms with van der Waals surface area (Å²) in [4.78, 5) is 0.608. The van der Waals surface area contributed by atoms with Gasteiger partial charge in [-0.25, -0.2) is 0 Å². The molecule has 5 heteroatoms. The number of thioether (sulfide) groups is 1. The van der Waals surface area contributed by atoms with Crippen LogP contribution in [0.25, 0.3) is 0 Å². The Hall–Kier alpha value is -0.840. The molecule has 0 aromatic heterocycles. The Morgan fingerprint density at radius 2 is 1.93 bits per heavy atom. The van der Waals surface area contributed by atoms with Crippen LogP contribution in [-0.4, -0.2) is 13.3 Å². The van der Waals surface area contributed by atoms with Gasteiger partial charge < -0.3 is 5.32 Å². The number of alkyl halides is 3. The molecule has 0 saturated heterocycles. The zero-order valence-corrected chi connectivity index (χ0v) is 8.59. The molecule has 1 rings (SSSR count). The average Bonchev–Trinajstić information content (AvgIpc) is 2.15. The van der Waals surface area contributed by atoms with E-state index in [-0.39, 0.29) is 5.69 Å². The lowest BCUT2D eigenvalue weighted by Crippen LogP contribution is -2.08. The molecule has 0 saturated carbocycles. The summed E-state index contributed by atoms with van der Waals surface area (Å²) in [6.45, 7) is 0. The lowest BCUT2D eigenvalue weighted by molar-refractivity contribution is -0.137. The lowest BCUT2D eigenvalue weighted by atomic mass is 10.1. The van der Waals surface area contributed by atoms with E-state index in [0.717, 1.165) is 6.07 Å². The monoisotopic (exact) mass is 221 g/mol. The fourth-order valence-corrected chi connectivity index (χ4v) is 1.54. The van der Waals surface area contributed by atoms with Crippen molar-refractivity contribution < 1.29 is 13.2 Å². The molecule has 0 fully saturated rings. The highest BCUT2D eigenvalue weighted by atomic mass is 32.2. The van der Waals surface area contributed by atoms with Crippen molar-refractivity contribution in [2.45, 2.75) is 11.1 Å². The molecule has 0 atom stereocenters. The average molecular weight is 221 g/mol. The van der Waals surface area contributed by atoms with Crippen LogP contribution < -0.4 is 5.32 Å². The van der Waals surface area contributed by atoms with Gasteiger partial charge in [0.15, 0.2) is 0 Å². The Labute approximate surface area is 84.7 Å². The number of rotatable bonds is 2. The van der Waals surface area contributed by atoms with E-state index >= 15 is 0 Å². The number of nitrogens with one attached hydrogen (secondary N) is 1. The van der Waals surface area contributed by atoms with Gasteiger partial charge in [-0.2, -0.15) is 13.2 Å². The molecule has 0 bridgehead atoms. The summed E-state index contributed by atoms with van der Waals surface area (Å²) in [5, 5.41) is 2.52. The summed E-state index contributed by atoms with van der Waals surface area (Å²) in [5.41, 5.74) is -0.512. The third-order valence-corrected chi connectivity index (χ3v) is 2.53. The van der Waals surface area contributed by atoms with Gasteiger partial charge in [0.05, 0.1) is 5.56 Å². The number of benzene rings is 1. The van der Waals surface area contributed by atoms with Gasteiger partial charge in [-0.1, -0.05) is 0 Å². The van der Waals surface area contributed by atoms with Crippen LogP contribution in [0, 0.1) is 0 Å². The predicted molar refractivity (Wildman–Crippen MR) is 52.8 cm³/mol. The Morgan fingerprint density at radius 1 is 1.29 bits per heavy atom. The van der Waals surface area contributed by atoms with Crippen LogP contribution in [0.4, 0.5) is 18.9 Å². The second-order valence-electron chi connectivity index (χ2n) is 2.66. The Bertz CT molecular complexity index is 322. The van der Waals surface area contributed by atoms with Crippen molar-refractivity contribution in [3.63, 3.8) is 0 Å². The number of anilines is 1. The fourth-order valence-electron chi connectivity index (χ4n) is 1.10. The number of halogens is 3. The topological polar surface area (TPSA) is 12.0 Å². The molecule has 0 spiro atoms. The van der Waals surface area contributed by atoms with E-state index in [1.165, 1.54) is 24.9 Å². The van der Waals surface area contributed by atoms with Crippen molar-refractivity contribution in [2.75, 3.05) is 18.6 Å². The van der Waals surface area contributed by atoms with Crippen molar-refractivity contribution >= 4 is 17.4 Å². The zero-order valence-electron chi connectivity index (χ0n) is 7.77. The molecule has 0 unspecified atom stereocenters. The van der Waals surface area contributed by atoms with Crippen molar-refractivity contribution in [1.29, 1.82) is 0 Å². The van der Waals surface area contributed by atoms with Gasteiger partial charge in [0, 0.05) is 17.6 Å². The molecule has 0 aliphatic rings. The second-order valence-corrected chi connectivity index (χ2v) is 3.54. The van der Waals surface area contributed by atoms with E-state index in [9.17, 15) is 13.2 Å². The molecular weight excluding hydrogens is 211 g/mol. The summed E-state index contributed by atoms with van der Waals surface area (Å²) >= 11 is 1.29. The Kier molecular flexibility index (Phi) is 3.31. The van der Waals surface area contributed by atoms with E-state index in [0.29, 0.717) is 4.90 Å². The van der Waals surface area contributed by atoms with Crippen molar-refractivity contribution in [2.24, 2.45) is 0 Å². The van der Waals surface area contributed by atoms with Gasteiger partial charge in [-0.3, -0.25) is 0 Å². The largest absolute Gasteiger partial charge is 0.418 e. The summed E-state index contributed by atoms with van der Waals surface area (Å²) < 4.78 is 37.5. The van der Waals surface area contributed by atoms with Gasteiger partial charge in [0.1, 0.15) is 0 Å². The first-order chi connectivity index (χ1) is 6.49. The molecule has 0 aliphatic heterocycles. The maximum Gasteiger partial charge on any atom is 0.418 e. The molecule has 0 heterocycles. The van der Waals surface area contributed by atoms with E-state index < -0.39 is 11.7 Å². The van der Waals surface area contributed by atoms with Gasteiger partial charge in [-0.05, 0) is 24.5 Å². The third kappa shape index (κ3) is 2.35. The first-order valence-corrected chi connectivity index (χ1v) is 5.14. The molecular formula is C9H10F3NS. The molecule has 1 aromatic rings. The maximum absolute atomic E-state index is 12.5. The minimum absolute atomic E-state index is 0.107. The summed E-state index contributed by atoms with van der Waals surface area (Å²) in [6, 6.07) is 4.25. The van der Waals surface area contributed by atoms with Crippen molar-refractivity contribution in [3.05, 3.63) is 23.8 Å². The minimum Gasteiger partial charge on any atom is -0.388 e. The third-order valence-electron chi connectivity index (χ3n) is 1.80. The quantitative estimate of drug-likeness (QED) is 0.767. The lowest BCUT2D eigenvalue weighted by Gasteiger charge is -2.13. The van der Waals surface area contributed by atoms with Crippen LogP contribution in [0.5, 0.6) is 0 Å². The fraction of sp³-hybridized carbons (Fsp3) is 0.333. The van der Waals surface area contributed by atoms with Gasteiger partial charge in [-0.15, -0.1) is 11.8 Å². The zero-order chi connectivity index (χ0) is 10.8. The molecule has 0 aliphatic carbocycles. The Balaban J connectivity index is 3.22. The molecule has 1 aromatic carbocycles. The molecule has 1 N–H and O–H groups in total. The smallest absolute Gasteiger partial charge is 0.388 e. The van der Waals surface area contributed by atoms with Crippen LogP contribution in [0.2, 0.25) is 0 Å².